The quantitative estimate of drug-likeness (QED) is 0.863. The Bertz CT molecular complexity index is 622. The zero-order valence-electron chi connectivity index (χ0n) is 11.7. The van der Waals surface area contributed by atoms with Crippen molar-refractivity contribution >= 4 is 0 Å². The van der Waals surface area contributed by atoms with Crippen LogP contribution in [0.25, 0.3) is 11.3 Å². The predicted molar refractivity (Wildman–Crippen MR) is 76.7 cm³/mol. The number of nitrogens with zero attached hydrogens (tertiary/aromatic N) is 1. The van der Waals surface area contributed by atoms with Gasteiger partial charge in [0.25, 0.3) is 0 Å². The molecule has 0 radical (unpaired) electrons. The summed E-state index contributed by atoms with van der Waals surface area (Å²) in [5.41, 5.74) is 1.44. The molecule has 1 aliphatic heterocycles. The zero-order chi connectivity index (χ0) is 13.9. The zero-order valence-corrected chi connectivity index (χ0v) is 11.7. The first-order chi connectivity index (χ1) is 9.74. The van der Waals surface area contributed by atoms with Crippen molar-refractivity contribution in [3.05, 3.63) is 46.6 Å². The van der Waals surface area contributed by atoms with Crippen LogP contribution >= 0.6 is 0 Å². The summed E-state index contributed by atoms with van der Waals surface area (Å²) in [4.78, 5) is 12.2. The Morgan fingerprint density at radius 1 is 1.30 bits per heavy atom. The van der Waals surface area contributed by atoms with Crippen LogP contribution in [0.1, 0.15) is 18.4 Å². The molecule has 0 aliphatic carbocycles. The summed E-state index contributed by atoms with van der Waals surface area (Å²) in [6.45, 7) is 4.47. The Hall–Kier alpha value is -1.81. The van der Waals surface area contributed by atoms with Crippen LogP contribution in [-0.2, 0) is 11.3 Å². The molecule has 0 amide bonds. The molecule has 3 heterocycles. The molecule has 0 spiro atoms. The number of pyridine rings is 1. The maximum atomic E-state index is 12.2. The lowest BCUT2D eigenvalue weighted by atomic mass is 10.00. The monoisotopic (exact) mass is 273 g/mol. The molecule has 2 aromatic rings. The van der Waals surface area contributed by atoms with Gasteiger partial charge in [0.15, 0.2) is 5.43 Å². The molecule has 106 valence electrons. The second-order valence-corrected chi connectivity index (χ2v) is 5.41. The minimum atomic E-state index is 0.0446. The van der Waals surface area contributed by atoms with E-state index in [1.54, 1.807) is 12.3 Å². The molecular weight excluding hydrogens is 254 g/mol. The van der Waals surface area contributed by atoms with Crippen molar-refractivity contribution in [1.82, 2.24) is 4.57 Å². The summed E-state index contributed by atoms with van der Waals surface area (Å²) < 4.78 is 12.9. The van der Waals surface area contributed by atoms with E-state index in [-0.39, 0.29) is 5.43 Å². The van der Waals surface area contributed by atoms with Crippen LogP contribution in [-0.4, -0.2) is 17.8 Å². The molecule has 2 aromatic heterocycles. The standard InChI is InChI=1S/C16H19NO3/c1-12-9-17(10-13-4-7-19-8-5-13)11-14(16(12)18)15-3-2-6-20-15/h2-3,6,9,11,13H,4-5,7-8,10H2,1H3. The Labute approximate surface area is 118 Å². The van der Waals surface area contributed by atoms with Gasteiger partial charge in [-0.3, -0.25) is 4.79 Å². The van der Waals surface area contributed by atoms with Gasteiger partial charge in [-0.1, -0.05) is 0 Å². The van der Waals surface area contributed by atoms with E-state index in [4.69, 9.17) is 9.15 Å². The molecule has 20 heavy (non-hydrogen) atoms. The lowest BCUT2D eigenvalue weighted by Crippen LogP contribution is -2.22. The molecule has 1 saturated heterocycles. The second kappa shape index (κ2) is 5.67. The number of rotatable bonds is 3. The molecule has 0 atom stereocenters. The van der Waals surface area contributed by atoms with Crippen LogP contribution in [0.2, 0.25) is 0 Å². The molecule has 0 N–H and O–H groups in total. The maximum Gasteiger partial charge on any atom is 0.195 e. The third-order valence-electron chi connectivity index (χ3n) is 3.85. The summed E-state index contributed by atoms with van der Waals surface area (Å²) in [7, 11) is 0. The first-order valence-corrected chi connectivity index (χ1v) is 7.06. The van der Waals surface area contributed by atoms with Gasteiger partial charge < -0.3 is 13.7 Å². The predicted octanol–water partition coefficient (Wildman–Crippen LogP) is 2.84. The van der Waals surface area contributed by atoms with Gasteiger partial charge in [0, 0.05) is 37.7 Å². The lowest BCUT2D eigenvalue weighted by Gasteiger charge is -2.23. The number of hydrogen-bond acceptors (Lipinski definition) is 3. The summed E-state index contributed by atoms with van der Waals surface area (Å²) in [6.07, 6.45) is 7.61. The van der Waals surface area contributed by atoms with Gasteiger partial charge in [-0.05, 0) is 37.8 Å². The largest absolute Gasteiger partial charge is 0.464 e. The van der Waals surface area contributed by atoms with Crippen LogP contribution in [0.5, 0.6) is 0 Å². The van der Waals surface area contributed by atoms with Crippen molar-refractivity contribution in [2.24, 2.45) is 5.92 Å². The van der Waals surface area contributed by atoms with Crippen LogP contribution in [0, 0.1) is 12.8 Å². The number of ether oxygens (including phenoxy) is 1. The fourth-order valence-electron chi connectivity index (χ4n) is 2.72. The Morgan fingerprint density at radius 2 is 2.10 bits per heavy atom. The Balaban J connectivity index is 1.90. The summed E-state index contributed by atoms with van der Waals surface area (Å²) in [6, 6.07) is 3.63. The van der Waals surface area contributed by atoms with E-state index in [0.29, 0.717) is 17.2 Å². The van der Waals surface area contributed by atoms with Gasteiger partial charge in [-0.2, -0.15) is 0 Å². The Morgan fingerprint density at radius 3 is 2.80 bits per heavy atom. The highest BCUT2D eigenvalue weighted by molar-refractivity contribution is 5.56. The van der Waals surface area contributed by atoms with Crippen molar-refractivity contribution in [1.29, 1.82) is 0 Å². The molecule has 0 bridgehead atoms. The van der Waals surface area contributed by atoms with Gasteiger partial charge in [-0.15, -0.1) is 0 Å². The van der Waals surface area contributed by atoms with Crippen molar-refractivity contribution < 1.29 is 9.15 Å². The number of hydrogen-bond donors (Lipinski definition) is 0. The van der Waals surface area contributed by atoms with E-state index in [1.165, 1.54) is 0 Å². The van der Waals surface area contributed by atoms with E-state index < -0.39 is 0 Å². The lowest BCUT2D eigenvalue weighted by molar-refractivity contribution is 0.0612. The molecule has 0 unspecified atom stereocenters. The van der Waals surface area contributed by atoms with E-state index >= 15 is 0 Å². The normalized spacial score (nSPS) is 16.4. The van der Waals surface area contributed by atoms with Crippen molar-refractivity contribution in [3.8, 4) is 11.3 Å². The average Bonchev–Trinajstić information content (AvgIpc) is 2.98. The first-order valence-electron chi connectivity index (χ1n) is 7.06. The van der Waals surface area contributed by atoms with Gasteiger partial charge >= 0.3 is 0 Å². The third-order valence-corrected chi connectivity index (χ3v) is 3.85. The van der Waals surface area contributed by atoms with E-state index in [9.17, 15) is 4.79 Å². The summed E-state index contributed by atoms with van der Waals surface area (Å²) in [5.74, 6) is 1.26. The maximum absolute atomic E-state index is 12.2. The van der Waals surface area contributed by atoms with Gasteiger partial charge in [-0.25, -0.2) is 0 Å². The second-order valence-electron chi connectivity index (χ2n) is 5.41. The van der Waals surface area contributed by atoms with Crippen molar-refractivity contribution in [2.75, 3.05) is 13.2 Å². The number of aryl methyl sites for hydroxylation is 1. The topological polar surface area (TPSA) is 44.4 Å². The SMILES string of the molecule is Cc1cn(CC2CCOCC2)cc(-c2ccco2)c1=O. The van der Waals surface area contributed by atoms with Crippen LogP contribution < -0.4 is 5.43 Å². The van der Waals surface area contributed by atoms with Gasteiger partial charge in [0.05, 0.1) is 11.8 Å². The smallest absolute Gasteiger partial charge is 0.195 e. The number of aromatic nitrogens is 1. The molecular formula is C16H19NO3. The van der Waals surface area contributed by atoms with Crippen LogP contribution in [0.4, 0.5) is 0 Å². The number of furan rings is 1. The minimum Gasteiger partial charge on any atom is -0.464 e. The van der Waals surface area contributed by atoms with Crippen LogP contribution in [0.3, 0.4) is 0 Å². The molecule has 3 rings (SSSR count). The molecule has 0 aromatic carbocycles. The van der Waals surface area contributed by atoms with Crippen LogP contribution in [0.15, 0.2) is 40.0 Å². The van der Waals surface area contributed by atoms with Crippen molar-refractivity contribution in [2.45, 2.75) is 26.3 Å². The van der Waals surface area contributed by atoms with Gasteiger partial charge in [0.2, 0.25) is 0 Å². The molecule has 4 nitrogen and oxygen atoms in total. The molecule has 1 aliphatic rings. The highest BCUT2D eigenvalue weighted by atomic mass is 16.5. The average molecular weight is 273 g/mol. The molecule has 1 fully saturated rings. The fraction of sp³-hybridized carbons (Fsp3) is 0.438. The molecule has 4 heteroatoms. The van der Waals surface area contributed by atoms with Crippen molar-refractivity contribution in [3.63, 3.8) is 0 Å². The molecule has 0 saturated carbocycles. The van der Waals surface area contributed by atoms with E-state index in [1.807, 2.05) is 25.4 Å². The summed E-state index contributed by atoms with van der Waals surface area (Å²) in [5, 5.41) is 0. The Kier molecular flexibility index (Phi) is 3.74. The summed E-state index contributed by atoms with van der Waals surface area (Å²) >= 11 is 0. The highest BCUT2D eigenvalue weighted by Crippen LogP contribution is 2.20. The third kappa shape index (κ3) is 2.70. The van der Waals surface area contributed by atoms with E-state index in [0.717, 1.165) is 38.2 Å². The minimum absolute atomic E-state index is 0.0446. The highest BCUT2D eigenvalue weighted by Gasteiger charge is 2.15. The van der Waals surface area contributed by atoms with E-state index in [2.05, 4.69) is 4.57 Å². The fourth-order valence-corrected chi connectivity index (χ4v) is 2.72. The first kappa shape index (κ1) is 13.2. The van der Waals surface area contributed by atoms with Gasteiger partial charge in [0.1, 0.15) is 5.76 Å².